The van der Waals surface area contributed by atoms with Gasteiger partial charge in [-0.05, 0) is 42.3 Å². The number of aryl methyl sites for hydroxylation is 1. The Morgan fingerprint density at radius 1 is 0.967 bits per heavy atom. The molecule has 0 aliphatic rings. The molecule has 0 heterocycles. The van der Waals surface area contributed by atoms with Gasteiger partial charge in [0.2, 0.25) is 10.0 Å². The summed E-state index contributed by atoms with van der Waals surface area (Å²) in [5.41, 5.74) is 6.33. The summed E-state index contributed by atoms with van der Waals surface area (Å²) in [6.07, 6.45) is 2.75. The lowest BCUT2D eigenvalue weighted by Gasteiger charge is -2.22. The van der Waals surface area contributed by atoms with Crippen LogP contribution >= 0.6 is 0 Å². The second-order valence-electron chi connectivity index (χ2n) is 6.91. The van der Waals surface area contributed by atoms with Gasteiger partial charge in [-0.15, -0.1) is 0 Å². The van der Waals surface area contributed by atoms with E-state index in [9.17, 15) is 13.2 Å². The average molecular weight is 422 g/mol. The van der Waals surface area contributed by atoms with Crippen LogP contribution in [0, 0.1) is 6.92 Å². The smallest absolute Gasteiger partial charge is 0.267 e. The molecule has 0 bridgehead atoms. The highest BCUT2D eigenvalue weighted by molar-refractivity contribution is 7.92. The van der Waals surface area contributed by atoms with Crippen LogP contribution in [-0.4, -0.2) is 26.8 Å². The zero-order valence-corrected chi connectivity index (χ0v) is 17.6. The number of carbonyl (C=O) groups is 1. The van der Waals surface area contributed by atoms with Gasteiger partial charge in [-0.1, -0.05) is 60.2 Å². The minimum Gasteiger partial charge on any atom is -0.267 e. The quantitative estimate of drug-likeness (QED) is 0.466. The van der Waals surface area contributed by atoms with Gasteiger partial charge in [0.25, 0.3) is 5.91 Å². The molecule has 3 aromatic rings. The van der Waals surface area contributed by atoms with Crippen LogP contribution in [0.15, 0.2) is 84.0 Å². The zero-order valence-electron chi connectivity index (χ0n) is 16.8. The van der Waals surface area contributed by atoms with Gasteiger partial charge in [0.05, 0.1) is 24.7 Å². The van der Waals surface area contributed by atoms with Crippen LogP contribution in [0.2, 0.25) is 0 Å². The molecule has 30 heavy (non-hydrogen) atoms. The molecule has 0 aliphatic heterocycles. The van der Waals surface area contributed by atoms with Gasteiger partial charge in [0.1, 0.15) is 0 Å². The molecule has 3 rings (SSSR count). The third-order valence-corrected chi connectivity index (χ3v) is 5.58. The Morgan fingerprint density at radius 2 is 1.60 bits per heavy atom. The fraction of sp³-hybridized carbons (Fsp3) is 0.130. The molecule has 0 aromatic heterocycles. The summed E-state index contributed by atoms with van der Waals surface area (Å²) >= 11 is 0. The Bertz CT molecular complexity index is 1120. The fourth-order valence-electron chi connectivity index (χ4n) is 2.80. The molecule has 0 unspecified atom stereocenters. The maximum absolute atomic E-state index is 12.3. The first kappa shape index (κ1) is 21.3. The Hall–Kier alpha value is -3.45. The van der Waals surface area contributed by atoms with Crippen molar-refractivity contribution in [1.29, 1.82) is 0 Å². The van der Waals surface area contributed by atoms with E-state index in [0.717, 1.165) is 16.7 Å². The van der Waals surface area contributed by atoms with Crippen LogP contribution < -0.4 is 9.73 Å². The first-order valence-corrected chi connectivity index (χ1v) is 11.2. The van der Waals surface area contributed by atoms with Crippen molar-refractivity contribution in [3.8, 4) is 0 Å². The van der Waals surface area contributed by atoms with Crippen molar-refractivity contribution in [1.82, 2.24) is 5.43 Å². The molecule has 0 fully saturated rings. The molecular weight excluding hydrogens is 398 g/mol. The van der Waals surface area contributed by atoms with E-state index in [1.807, 2.05) is 37.3 Å². The van der Waals surface area contributed by atoms with Gasteiger partial charge < -0.3 is 0 Å². The number of benzene rings is 3. The lowest BCUT2D eigenvalue weighted by molar-refractivity contribution is 0.0955. The molecule has 0 radical (unpaired) electrons. The Morgan fingerprint density at radius 3 is 2.20 bits per heavy atom. The average Bonchev–Trinajstić information content (AvgIpc) is 2.73. The van der Waals surface area contributed by atoms with E-state index < -0.39 is 10.0 Å². The highest BCUT2D eigenvalue weighted by Crippen LogP contribution is 2.20. The van der Waals surface area contributed by atoms with Gasteiger partial charge in [0.15, 0.2) is 0 Å². The van der Waals surface area contributed by atoms with Crippen molar-refractivity contribution in [2.75, 3.05) is 10.6 Å². The van der Waals surface area contributed by atoms with E-state index in [4.69, 9.17) is 0 Å². The van der Waals surface area contributed by atoms with E-state index in [-0.39, 0.29) is 12.5 Å². The lowest BCUT2D eigenvalue weighted by atomic mass is 10.1. The lowest BCUT2D eigenvalue weighted by Crippen LogP contribution is -2.29. The summed E-state index contributed by atoms with van der Waals surface area (Å²) in [5.74, 6) is -0.340. The largest absolute Gasteiger partial charge is 0.271 e. The third-order valence-electron chi connectivity index (χ3n) is 4.44. The second-order valence-corrected chi connectivity index (χ2v) is 8.82. The standard InChI is InChI=1S/C23H23N3O3S/c1-18-8-10-19(11-9-18)16-24-25-23(27)21-14-12-20(13-15-21)17-26(30(2,28)29)22-6-4-3-5-7-22/h3-16H,17H2,1-2H3,(H,25,27)/b24-16+. The molecule has 0 atom stereocenters. The van der Waals surface area contributed by atoms with Crippen LogP contribution in [0.1, 0.15) is 27.0 Å². The summed E-state index contributed by atoms with van der Waals surface area (Å²) in [4.78, 5) is 12.3. The van der Waals surface area contributed by atoms with Crippen molar-refractivity contribution in [3.63, 3.8) is 0 Å². The fourth-order valence-corrected chi connectivity index (χ4v) is 3.69. The predicted molar refractivity (Wildman–Crippen MR) is 120 cm³/mol. The van der Waals surface area contributed by atoms with Crippen molar-refractivity contribution < 1.29 is 13.2 Å². The van der Waals surface area contributed by atoms with Crippen LogP contribution in [0.3, 0.4) is 0 Å². The van der Waals surface area contributed by atoms with Gasteiger partial charge in [0, 0.05) is 5.56 Å². The summed E-state index contributed by atoms with van der Waals surface area (Å²) in [6.45, 7) is 2.18. The summed E-state index contributed by atoms with van der Waals surface area (Å²) in [6, 6.07) is 23.4. The number of carbonyl (C=O) groups excluding carboxylic acids is 1. The maximum Gasteiger partial charge on any atom is 0.271 e. The highest BCUT2D eigenvalue weighted by atomic mass is 32.2. The van der Waals surface area contributed by atoms with E-state index in [0.29, 0.717) is 11.3 Å². The number of nitrogens with zero attached hydrogens (tertiary/aromatic N) is 2. The summed E-state index contributed by atoms with van der Waals surface area (Å²) in [7, 11) is -3.45. The molecule has 1 N–H and O–H groups in total. The number of para-hydroxylation sites is 1. The Kier molecular flexibility index (Phi) is 6.64. The third kappa shape index (κ3) is 5.78. The van der Waals surface area contributed by atoms with Crippen LogP contribution in [-0.2, 0) is 16.6 Å². The monoisotopic (exact) mass is 421 g/mol. The van der Waals surface area contributed by atoms with E-state index in [1.165, 1.54) is 10.6 Å². The Balaban J connectivity index is 1.66. The summed E-state index contributed by atoms with van der Waals surface area (Å²) < 4.78 is 25.7. The first-order chi connectivity index (χ1) is 14.3. The first-order valence-electron chi connectivity index (χ1n) is 9.35. The van der Waals surface area contributed by atoms with Gasteiger partial charge in [-0.3, -0.25) is 9.10 Å². The SMILES string of the molecule is Cc1ccc(/C=N/NC(=O)c2ccc(CN(c3ccccc3)S(C)(=O)=O)cc2)cc1. The number of hydrogen-bond donors (Lipinski definition) is 1. The molecule has 0 aliphatic carbocycles. The van der Waals surface area contributed by atoms with Gasteiger partial charge in [-0.2, -0.15) is 5.10 Å². The minimum atomic E-state index is -3.45. The number of sulfonamides is 1. The number of rotatable bonds is 7. The second kappa shape index (κ2) is 9.37. The van der Waals surface area contributed by atoms with Gasteiger partial charge >= 0.3 is 0 Å². The van der Waals surface area contributed by atoms with Crippen molar-refractivity contribution in [2.45, 2.75) is 13.5 Å². The highest BCUT2D eigenvalue weighted by Gasteiger charge is 2.17. The molecule has 1 amide bonds. The number of anilines is 1. The molecule has 0 saturated heterocycles. The van der Waals surface area contributed by atoms with Crippen LogP contribution in [0.4, 0.5) is 5.69 Å². The Labute approximate surface area is 176 Å². The number of amides is 1. The molecule has 154 valence electrons. The van der Waals surface area contributed by atoms with Crippen molar-refractivity contribution >= 4 is 27.8 Å². The van der Waals surface area contributed by atoms with E-state index in [2.05, 4.69) is 10.5 Å². The maximum atomic E-state index is 12.3. The topological polar surface area (TPSA) is 78.8 Å². The number of nitrogens with one attached hydrogen (secondary N) is 1. The van der Waals surface area contributed by atoms with Gasteiger partial charge in [-0.25, -0.2) is 13.8 Å². The zero-order chi connectivity index (χ0) is 21.6. The molecular formula is C23H23N3O3S. The summed E-state index contributed by atoms with van der Waals surface area (Å²) in [5, 5.41) is 3.98. The van der Waals surface area contributed by atoms with Crippen molar-refractivity contribution in [3.05, 3.63) is 101 Å². The van der Waals surface area contributed by atoms with Crippen LogP contribution in [0.5, 0.6) is 0 Å². The van der Waals surface area contributed by atoms with E-state index >= 15 is 0 Å². The van der Waals surface area contributed by atoms with Crippen LogP contribution in [0.25, 0.3) is 0 Å². The van der Waals surface area contributed by atoms with E-state index in [1.54, 1.807) is 54.7 Å². The number of hydrazone groups is 1. The normalized spacial score (nSPS) is 11.4. The number of hydrogen-bond acceptors (Lipinski definition) is 4. The molecule has 3 aromatic carbocycles. The predicted octanol–water partition coefficient (Wildman–Crippen LogP) is 3.73. The molecule has 0 spiro atoms. The molecule has 7 heteroatoms. The minimum absolute atomic E-state index is 0.177. The van der Waals surface area contributed by atoms with Crippen molar-refractivity contribution in [2.24, 2.45) is 5.10 Å². The molecule has 6 nitrogen and oxygen atoms in total. The molecule has 0 saturated carbocycles.